The van der Waals surface area contributed by atoms with E-state index in [0.29, 0.717) is 13.2 Å². The smallest absolute Gasteiger partial charge is 0.128 e. The Labute approximate surface area is 161 Å². The summed E-state index contributed by atoms with van der Waals surface area (Å²) >= 11 is 0. The van der Waals surface area contributed by atoms with E-state index in [2.05, 4.69) is 46.4 Å². The summed E-state index contributed by atoms with van der Waals surface area (Å²) < 4.78 is 16.3. The Morgan fingerprint density at radius 2 is 2.07 bits per heavy atom. The van der Waals surface area contributed by atoms with Gasteiger partial charge in [0.25, 0.3) is 0 Å². The zero-order valence-corrected chi connectivity index (χ0v) is 16.2. The normalized spacial score (nSPS) is 17.1. The first-order chi connectivity index (χ1) is 13.2. The lowest BCUT2D eigenvalue weighted by molar-refractivity contribution is 0.0529. The first-order valence-corrected chi connectivity index (χ1v) is 9.47. The van der Waals surface area contributed by atoms with E-state index in [-0.39, 0.29) is 6.10 Å². The van der Waals surface area contributed by atoms with Crippen molar-refractivity contribution in [2.24, 2.45) is 0 Å². The third kappa shape index (κ3) is 6.20. The summed E-state index contributed by atoms with van der Waals surface area (Å²) in [5.41, 5.74) is 2.37. The molecule has 1 unspecified atom stereocenters. The van der Waals surface area contributed by atoms with E-state index in [0.717, 1.165) is 44.4 Å². The molecule has 1 fully saturated rings. The van der Waals surface area contributed by atoms with Crippen molar-refractivity contribution >= 4 is 5.82 Å². The Morgan fingerprint density at radius 1 is 1.19 bits per heavy atom. The highest BCUT2D eigenvalue weighted by molar-refractivity contribution is 5.40. The molecule has 2 aromatic rings. The van der Waals surface area contributed by atoms with Crippen LogP contribution in [-0.2, 0) is 22.6 Å². The lowest BCUT2D eigenvalue weighted by atomic mass is 10.2. The van der Waals surface area contributed by atoms with Crippen LogP contribution in [0.25, 0.3) is 0 Å². The Kier molecular flexibility index (Phi) is 7.45. The molecule has 27 heavy (non-hydrogen) atoms. The number of nitrogens with one attached hydrogen (secondary N) is 1. The molecule has 0 aliphatic carbocycles. The second-order valence-electron chi connectivity index (χ2n) is 6.74. The molecule has 1 saturated heterocycles. The molecule has 1 atom stereocenters. The van der Waals surface area contributed by atoms with Gasteiger partial charge < -0.3 is 24.4 Å². The number of pyridine rings is 1. The van der Waals surface area contributed by atoms with Gasteiger partial charge in [0.2, 0.25) is 0 Å². The number of rotatable bonds is 9. The maximum absolute atomic E-state index is 5.65. The van der Waals surface area contributed by atoms with Crippen LogP contribution >= 0.6 is 0 Å². The van der Waals surface area contributed by atoms with E-state index in [1.165, 1.54) is 11.1 Å². The van der Waals surface area contributed by atoms with E-state index in [1.54, 1.807) is 7.11 Å². The molecule has 1 aromatic carbocycles. The van der Waals surface area contributed by atoms with Crippen molar-refractivity contribution in [1.29, 1.82) is 0 Å². The number of hydrogen-bond acceptors (Lipinski definition) is 6. The molecule has 1 aliphatic rings. The van der Waals surface area contributed by atoms with Crippen LogP contribution in [0, 0.1) is 0 Å². The molecule has 1 aromatic heterocycles. The molecule has 2 heterocycles. The third-order valence-electron chi connectivity index (χ3n) is 4.49. The molecular formula is C21H29N3O3. The molecule has 0 amide bonds. The molecule has 146 valence electrons. The van der Waals surface area contributed by atoms with E-state index < -0.39 is 0 Å². The van der Waals surface area contributed by atoms with Gasteiger partial charge in [0.05, 0.1) is 19.3 Å². The molecule has 0 spiro atoms. The first-order valence-electron chi connectivity index (χ1n) is 9.47. The van der Waals surface area contributed by atoms with Gasteiger partial charge in [-0.05, 0) is 36.2 Å². The summed E-state index contributed by atoms with van der Waals surface area (Å²) in [4.78, 5) is 6.90. The standard InChI is InChI=1S/C21H29N3O3/c1-17-16-24(8-9-26-17)21-7-6-19(15-23-21)14-22-13-18-4-3-5-20(12-18)27-11-10-25-2/h3-7,12,15,17,22H,8-11,13-14,16H2,1-2H3. The lowest BCUT2D eigenvalue weighted by Gasteiger charge is -2.32. The molecular weight excluding hydrogens is 342 g/mol. The minimum Gasteiger partial charge on any atom is -0.491 e. The van der Waals surface area contributed by atoms with Gasteiger partial charge in [-0.1, -0.05) is 18.2 Å². The molecule has 0 bridgehead atoms. The van der Waals surface area contributed by atoms with E-state index >= 15 is 0 Å². The quantitative estimate of drug-likeness (QED) is 0.684. The maximum Gasteiger partial charge on any atom is 0.128 e. The van der Waals surface area contributed by atoms with Crippen LogP contribution in [0.15, 0.2) is 42.6 Å². The largest absolute Gasteiger partial charge is 0.491 e. The molecule has 0 saturated carbocycles. The number of morpholine rings is 1. The van der Waals surface area contributed by atoms with Crippen LogP contribution in [0.2, 0.25) is 0 Å². The van der Waals surface area contributed by atoms with Crippen LogP contribution in [0.4, 0.5) is 5.82 Å². The molecule has 1 N–H and O–H groups in total. The van der Waals surface area contributed by atoms with Gasteiger partial charge in [-0.2, -0.15) is 0 Å². The van der Waals surface area contributed by atoms with Crippen molar-refractivity contribution < 1.29 is 14.2 Å². The Balaban J connectivity index is 1.45. The van der Waals surface area contributed by atoms with Crippen molar-refractivity contribution in [2.75, 3.05) is 44.9 Å². The van der Waals surface area contributed by atoms with Crippen LogP contribution in [0.3, 0.4) is 0 Å². The van der Waals surface area contributed by atoms with Gasteiger partial charge in [0.1, 0.15) is 18.2 Å². The number of aromatic nitrogens is 1. The Bertz CT molecular complexity index is 693. The molecule has 6 nitrogen and oxygen atoms in total. The number of benzene rings is 1. The van der Waals surface area contributed by atoms with Gasteiger partial charge in [-0.3, -0.25) is 0 Å². The van der Waals surface area contributed by atoms with E-state index in [1.807, 2.05) is 18.3 Å². The van der Waals surface area contributed by atoms with Crippen molar-refractivity contribution in [3.05, 3.63) is 53.7 Å². The summed E-state index contributed by atoms with van der Waals surface area (Å²) in [7, 11) is 1.67. The maximum atomic E-state index is 5.65. The fraction of sp³-hybridized carbons (Fsp3) is 0.476. The van der Waals surface area contributed by atoms with Crippen LogP contribution in [0.1, 0.15) is 18.1 Å². The van der Waals surface area contributed by atoms with Crippen LogP contribution < -0.4 is 15.0 Å². The lowest BCUT2D eigenvalue weighted by Crippen LogP contribution is -2.41. The van der Waals surface area contributed by atoms with Gasteiger partial charge in [0.15, 0.2) is 0 Å². The zero-order valence-electron chi connectivity index (χ0n) is 16.2. The minimum atomic E-state index is 0.260. The average Bonchev–Trinajstić information content (AvgIpc) is 2.69. The number of hydrogen-bond donors (Lipinski definition) is 1. The molecule has 6 heteroatoms. The van der Waals surface area contributed by atoms with E-state index in [4.69, 9.17) is 14.2 Å². The fourth-order valence-corrected chi connectivity index (χ4v) is 3.07. The van der Waals surface area contributed by atoms with Crippen molar-refractivity contribution in [3.8, 4) is 5.75 Å². The Morgan fingerprint density at radius 3 is 2.85 bits per heavy atom. The van der Waals surface area contributed by atoms with Crippen molar-refractivity contribution in [1.82, 2.24) is 10.3 Å². The summed E-state index contributed by atoms with van der Waals surface area (Å²) in [6.45, 7) is 7.38. The van der Waals surface area contributed by atoms with Gasteiger partial charge >= 0.3 is 0 Å². The van der Waals surface area contributed by atoms with Gasteiger partial charge in [-0.25, -0.2) is 4.98 Å². The summed E-state index contributed by atoms with van der Waals surface area (Å²) in [5.74, 6) is 1.90. The minimum absolute atomic E-state index is 0.260. The van der Waals surface area contributed by atoms with Crippen molar-refractivity contribution in [2.45, 2.75) is 26.1 Å². The van der Waals surface area contributed by atoms with Crippen molar-refractivity contribution in [3.63, 3.8) is 0 Å². The molecule has 0 radical (unpaired) electrons. The summed E-state index contributed by atoms with van der Waals surface area (Å²) in [6.07, 6.45) is 2.21. The fourth-order valence-electron chi connectivity index (χ4n) is 3.07. The SMILES string of the molecule is COCCOc1cccc(CNCc2ccc(N3CCOC(C)C3)nc2)c1. The van der Waals surface area contributed by atoms with Crippen LogP contribution in [0.5, 0.6) is 5.75 Å². The Hall–Kier alpha value is -2.15. The monoisotopic (exact) mass is 371 g/mol. The number of methoxy groups -OCH3 is 1. The van der Waals surface area contributed by atoms with E-state index in [9.17, 15) is 0 Å². The van der Waals surface area contributed by atoms with Gasteiger partial charge in [-0.15, -0.1) is 0 Å². The predicted octanol–water partition coefficient (Wildman–Crippen LogP) is 2.62. The average molecular weight is 371 g/mol. The summed E-state index contributed by atoms with van der Waals surface area (Å²) in [5, 5.41) is 3.46. The highest BCUT2D eigenvalue weighted by atomic mass is 16.5. The number of nitrogens with zero attached hydrogens (tertiary/aromatic N) is 2. The molecule has 1 aliphatic heterocycles. The molecule has 3 rings (SSSR count). The summed E-state index contributed by atoms with van der Waals surface area (Å²) in [6, 6.07) is 12.4. The van der Waals surface area contributed by atoms with Crippen LogP contribution in [-0.4, -0.2) is 51.1 Å². The number of ether oxygens (including phenoxy) is 3. The van der Waals surface area contributed by atoms with Gasteiger partial charge in [0, 0.05) is 39.5 Å². The third-order valence-corrected chi connectivity index (χ3v) is 4.49. The first kappa shape index (κ1) is 19.6. The number of anilines is 1. The topological polar surface area (TPSA) is 55.9 Å². The highest BCUT2D eigenvalue weighted by Gasteiger charge is 2.17. The predicted molar refractivity (Wildman–Crippen MR) is 106 cm³/mol. The zero-order chi connectivity index (χ0) is 18.9. The second kappa shape index (κ2) is 10.3. The second-order valence-corrected chi connectivity index (χ2v) is 6.74. The highest BCUT2D eigenvalue weighted by Crippen LogP contribution is 2.16.